The van der Waals surface area contributed by atoms with Gasteiger partial charge >= 0.3 is 0 Å². The van der Waals surface area contributed by atoms with E-state index < -0.39 is 0 Å². The Morgan fingerprint density at radius 3 is 2.00 bits per heavy atom. The number of hydrogen-bond acceptors (Lipinski definition) is 0. The van der Waals surface area contributed by atoms with Crippen LogP contribution in [0.1, 0.15) is 0 Å². The highest BCUT2D eigenvalue weighted by Gasteiger charge is 1.66. The molecule has 1 unspecified atom stereocenters. The lowest BCUT2D eigenvalue weighted by Gasteiger charge is -1.68. The molecule has 0 saturated heterocycles. The fourth-order valence-electron chi connectivity index (χ4n) is 0. The van der Waals surface area contributed by atoms with Crippen molar-refractivity contribution in [1.29, 1.82) is 0 Å². The summed E-state index contributed by atoms with van der Waals surface area (Å²) in [6.07, 6.45) is 0. The average molecular weight is 129 g/mol. The second kappa shape index (κ2) is 2.96. The van der Waals surface area contributed by atoms with Crippen LogP contribution in [-0.4, -0.2) is 0 Å². The Labute approximate surface area is 43.4 Å². The molecule has 0 heterocycles. The quantitative estimate of drug-likeness (QED) is 0.439. The second-order valence-corrected chi connectivity index (χ2v) is 2.14. The Bertz CT molecular complexity index is 45.6. The van der Waals surface area contributed by atoms with E-state index in [0.29, 0.717) is 4.77 Å². The molecule has 0 rings (SSSR count). The van der Waals surface area contributed by atoms with Crippen molar-refractivity contribution in [2.24, 2.45) is 0 Å². The lowest BCUT2D eigenvalue weighted by Crippen LogP contribution is -1.32. The monoisotopic (exact) mass is 128 g/mol. The molecule has 30 valence electrons. The molecule has 0 aliphatic heterocycles. The minimum atomic E-state index is 0.534. The maximum Gasteiger partial charge on any atom is 0.0463 e. The number of halogens is 2. The van der Waals surface area contributed by atoms with Gasteiger partial charge < -0.3 is 0 Å². The fraction of sp³-hybridized carbons (Fsp3) is 0. The molecule has 0 spiro atoms. The molecule has 0 saturated carbocycles. The van der Waals surface area contributed by atoms with Crippen LogP contribution >= 0.6 is 32.4 Å². The Balaban J connectivity index is 3.14. The molecule has 0 amide bonds. The highest BCUT2D eigenvalue weighted by atomic mass is 35.5. The summed E-state index contributed by atoms with van der Waals surface area (Å²) in [6, 6.07) is 0. The van der Waals surface area contributed by atoms with Crippen LogP contribution in [0.3, 0.4) is 0 Å². The predicted octanol–water partition coefficient (Wildman–Crippen LogP) is 2.14. The van der Waals surface area contributed by atoms with E-state index in [1.165, 1.54) is 5.54 Å². The molecule has 0 aromatic rings. The third-order valence-electron chi connectivity index (χ3n) is 0.104. The molecule has 0 nitrogen and oxygen atoms in total. The molecular formula is C2H3Cl2P. The Morgan fingerprint density at radius 1 is 1.80 bits per heavy atom. The van der Waals surface area contributed by atoms with Gasteiger partial charge in [-0.15, -0.1) is 0 Å². The summed E-state index contributed by atoms with van der Waals surface area (Å²) in [7, 11) is 2.23. The molecular weight excluding hydrogens is 126 g/mol. The molecule has 0 radical (unpaired) electrons. The van der Waals surface area contributed by atoms with Crippen molar-refractivity contribution in [3.8, 4) is 0 Å². The highest BCUT2D eigenvalue weighted by molar-refractivity contribution is 7.27. The van der Waals surface area contributed by atoms with Crippen molar-refractivity contribution in [2.45, 2.75) is 0 Å². The van der Waals surface area contributed by atoms with Gasteiger partial charge in [-0.05, 0) is 0 Å². The maximum absolute atomic E-state index is 5.15. The average Bonchev–Trinajstić information content (AvgIpc) is 1.38. The Morgan fingerprint density at radius 2 is 2.00 bits per heavy atom. The summed E-state index contributed by atoms with van der Waals surface area (Å²) >= 11 is 10.2. The molecule has 0 aromatic heterocycles. The van der Waals surface area contributed by atoms with Crippen molar-refractivity contribution in [3.05, 3.63) is 10.3 Å². The zero-order valence-corrected chi connectivity index (χ0v) is 5.08. The molecule has 3 heteroatoms. The summed E-state index contributed by atoms with van der Waals surface area (Å²) < 4.78 is 0.534. The van der Waals surface area contributed by atoms with Gasteiger partial charge in [-0.25, -0.2) is 0 Å². The molecule has 0 bridgehead atoms. The summed E-state index contributed by atoms with van der Waals surface area (Å²) in [5.74, 6) is 0. The zero-order valence-electron chi connectivity index (χ0n) is 2.41. The summed E-state index contributed by atoms with van der Waals surface area (Å²) in [6.45, 7) is 0. The third kappa shape index (κ3) is 4.75. The van der Waals surface area contributed by atoms with E-state index in [0.717, 1.165) is 0 Å². The van der Waals surface area contributed by atoms with E-state index in [2.05, 4.69) is 9.24 Å². The van der Waals surface area contributed by atoms with Crippen LogP contribution < -0.4 is 0 Å². The Hall–Kier alpha value is 0.750. The van der Waals surface area contributed by atoms with E-state index >= 15 is 0 Å². The molecule has 0 aromatic carbocycles. The molecule has 0 aliphatic carbocycles. The van der Waals surface area contributed by atoms with E-state index in [-0.39, 0.29) is 0 Å². The maximum atomic E-state index is 5.15. The third-order valence-corrected chi connectivity index (χ3v) is 0.938. The van der Waals surface area contributed by atoms with Gasteiger partial charge in [0.05, 0.1) is 0 Å². The largest absolute Gasteiger partial charge is 0.0921 e. The molecule has 5 heavy (non-hydrogen) atoms. The van der Waals surface area contributed by atoms with Gasteiger partial charge in [0.2, 0.25) is 0 Å². The highest BCUT2D eigenvalue weighted by Crippen LogP contribution is 2.09. The van der Waals surface area contributed by atoms with Crippen LogP contribution in [0.4, 0.5) is 0 Å². The van der Waals surface area contributed by atoms with Crippen LogP contribution in [0.2, 0.25) is 0 Å². The molecule has 0 N–H and O–H groups in total. The van der Waals surface area contributed by atoms with Gasteiger partial charge in [0, 0.05) is 10.3 Å². The van der Waals surface area contributed by atoms with Crippen molar-refractivity contribution in [3.63, 3.8) is 0 Å². The van der Waals surface area contributed by atoms with Crippen LogP contribution in [-0.2, 0) is 0 Å². The normalized spacial score (nSPS) is 12.2. The first kappa shape index (κ1) is 5.75. The molecule has 1 atom stereocenters. The number of hydrogen-bond donors (Lipinski definition) is 0. The van der Waals surface area contributed by atoms with Crippen LogP contribution in [0, 0.1) is 0 Å². The van der Waals surface area contributed by atoms with Crippen molar-refractivity contribution in [2.75, 3.05) is 0 Å². The smallest absolute Gasteiger partial charge is 0.0463 e. The predicted molar refractivity (Wildman–Crippen MR) is 29.5 cm³/mol. The topological polar surface area (TPSA) is 0 Å². The van der Waals surface area contributed by atoms with E-state index in [1.54, 1.807) is 0 Å². The summed E-state index contributed by atoms with van der Waals surface area (Å²) in [5, 5.41) is 0. The van der Waals surface area contributed by atoms with Gasteiger partial charge in [-0.3, -0.25) is 0 Å². The second-order valence-electron chi connectivity index (χ2n) is 0.494. The van der Waals surface area contributed by atoms with Crippen LogP contribution in [0.5, 0.6) is 0 Å². The zero-order chi connectivity index (χ0) is 4.28. The van der Waals surface area contributed by atoms with Crippen molar-refractivity contribution < 1.29 is 0 Å². The van der Waals surface area contributed by atoms with Gasteiger partial charge in [0.1, 0.15) is 0 Å². The summed E-state index contributed by atoms with van der Waals surface area (Å²) in [4.78, 5) is 0. The van der Waals surface area contributed by atoms with Crippen molar-refractivity contribution >= 4 is 32.4 Å². The SMILES string of the molecule is PC(Cl)=CCl. The van der Waals surface area contributed by atoms with Gasteiger partial charge in [-0.1, -0.05) is 32.4 Å². The lowest BCUT2D eigenvalue weighted by molar-refractivity contribution is 2.40. The Kier molecular flexibility index (Phi) is 3.40. The lowest BCUT2D eigenvalue weighted by atomic mass is 11.2. The van der Waals surface area contributed by atoms with Crippen LogP contribution in [0.15, 0.2) is 10.3 Å². The van der Waals surface area contributed by atoms with Crippen molar-refractivity contribution in [1.82, 2.24) is 0 Å². The first-order chi connectivity index (χ1) is 2.27. The number of rotatable bonds is 0. The van der Waals surface area contributed by atoms with Crippen LogP contribution in [0.25, 0.3) is 0 Å². The van der Waals surface area contributed by atoms with Gasteiger partial charge in [-0.2, -0.15) is 0 Å². The fourth-order valence-corrected chi connectivity index (χ4v) is 0. The minimum Gasteiger partial charge on any atom is -0.0921 e. The van der Waals surface area contributed by atoms with E-state index in [4.69, 9.17) is 23.2 Å². The molecule has 0 fully saturated rings. The minimum absolute atomic E-state index is 0.534. The standard InChI is InChI=1S/C2H3Cl2P/c3-1-2(4)5/h1H,5H2. The van der Waals surface area contributed by atoms with Gasteiger partial charge in [0.15, 0.2) is 0 Å². The first-order valence-corrected chi connectivity index (χ1v) is 2.38. The molecule has 0 aliphatic rings. The van der Waals surface area contributed by atoms with E-state index in [9.17, 15) is 0 Å². The first-order valence-electron chi connectivity index (χ1n) is 0.985. The van der Waals surface area contributed by atoms with E-state index in [1.807, 2.05) is 0 Å². The summed E-state index contributed by atoms with van der Waals surface area (Å²) in [5.41, 5.74) is 1.28. The van der Waals surface area contributed by atoms with Gasteiger partial charge in [0.25, 0.3) is 0 Å².